The maximum Gasteiger partial charge on any atom is 0.310 e. The molecule has 1 saturated heterocycles. The van der Waals surface area contributed by atoms with Crippen LogP contribution in [0.2, 0.25) is 0 Å². The van der Waals surface area contributed by atoms with Gasteiger partial charge in [-0.25, -0.2) is 4.98 Å². The molecule has 2 aliphatic rings. The highest BCUT2D eigenvalue weighted by Gasteiger charge is 2.40. The molecule has 0 spiro atoms. The summed E-state index contributed by atoms with van der Waals surface area (Å²) in [5.74, 6) is -0.680. The summed E-state index contributed by atoms with van der Waals surface area (Å²) in [7, 11) is 0. The summed E-state index contributed by atoms with van der Waals surface area (Å²) >= 11 is 0. The van der Waals surface area contributed by atoms with Crippen molar-refractivity contribution in [2.24, 2.45) is 5.41 Å². The topological polar surface area (TPSA) is 58.4 Å². The highest BCUT2D eigenvalue weighted by molar-refractivity contribution is 5.74. The number of aromatic nitrogens is 2. The number of nitrogens with zero attached hydrogens (tertiary/aromatic N) is 3. The molecule has 1 atom stereocenters. The molecule has 1 saturated carbocycles. The van der Waals surface area contributed by atoms with E-state index in [0.29, 0.717) is 12.6 Å². The van der Waals surface area contributed by atoms with Crippen LogP contribution >= 0.6 is 0 Å². The zero-order valence-electron chi connectivity index (χ0n) is 10.7. The zero-order valence-corrected chi connectivity index (χ0v) is 10.7. The highest BCUT2D eigenvalue weighted by atomic mass is 16.4. The van der Waals surface area contributed by atoms with Crippen molar-refractivity contribution in [3.05, 3.63) is 18.2 Å². The third-order valence-corrected chi connectivity index (χ3v) is 4.14. The Hall–Kier alpha value is -1.36. The number of rotatable bonds is 4. The Labute approximate surface area is 106 Å². The maximum atomic E-state index is 11.2. The van der Waals surface area contributed by atoms with E-state index in [2.05, 4.69) is 14.5 Å². The number of carboxylic acid groups (broad SMARTS) is 1. The number of hydrogen-bond acceptors (Lipinski definition) is 3. The molecular weight excluding hydrogens is 230 g/mol. The minimum absolute atomic E-state index is 0.579. The summed E-state index contributed by atoms with van der Waals surface area (Å²) in [5, 5.41) is 9.22. The number of carboxylic acids is 1. The summed E-state index contributed by atoms with van der Waals surface area (Å²) in [4.78, 5) is 17.7. The lowest BCUT2D eigenvalue weighted by Gasteiger charge is -2.20. The summed E-state index contributed by atoms with van der Waals surface area (Å²) in [5.41, 5.74) is 0.636. The molecule has 0 aromatic carbocycles. The van der Waals surface area contributed by atoms with Gasteiger partial charge in [-0.15, -0.1) is 0 Å². The molecule has 5 heteroatoms. The lowest BCUT2D eigenvalue weighted by Crippen LogP contribution is -2.31. The number of imidazole rings is 1. The molecule has 2 fully saturated rings. The average molecular weight is 249 g/mol. The fourth-order valence-electron chi connectivity index (χ4n) is 2.73. The molecule has 1 aliphatic carbocycles. The van der Waals surface area contributed by atoms with Crippen LogP contribution in [-0.2, 0) is 11.3 Å². The molecule has 5 nitrogen and oxygen atoms in total. The van der Waals surface area contributed by atoms with Crippen molar-refractivity contribution in [3.63, 3.8) is 0 Å². The molecule has 0 amide bonds. The van der Waals surface area contributed by atoms with E-state index in [9.17, 15) is 9.90 Å². The Balaban J connectivity index is 1.67. The van der Waals surface area contributed by atoms with Gasteiger partial charge in [0.15, 0.2) is 0 Å². The quantitative estimate of drug-likeness (QED) is 0.879. The van der Waals surface area contributed by atoms with Gasteiger partial charge in [0.25, 0.3) is 0 Å². The van der Waals surface area contributed by atoms with E-state index in [1.54, 1.807) is 0 Å². The van der Waals surface area contributed by atoms with Crippen LogP contribution in [-0.4, -0.2) is 38.6 Å². The third kappa shape index (κ3) is 2.03. The van der Waals surface area contributed by atoms with Crippen LogP contribution in [0.15, 0.2) is 12.5 Å². The van der Waals surface area contributed by atoms with Gasteiger partial charge in [0, 0.05) is 25.3 Å². The smallest absolute Gasteiger partial charge is 0.310 e. The Morgan fingerprint density at radius 1 is 1.61 bits per heavy atom. The van der Waals surface area contributed by atoms with Crippen molar-refractivity contribution in [1.29, 1.82) is 0 Å². The fraction of sp³-hybridized carbons (Fsp3) is 0.692. The largest absolute Gasteiger partial charge is 0.481 e. The Morgan fingerprint density at radius 3 is 3.00 bits per heavy atom. The molecule has 1 N–H and O–H groups in total. The Bertz CT molecular complexity index is 467. The molecular formula is C13H19N3O2. The summed E-state index contributed by atoms with van der Waals surface area (Å²) in [6, 6.07) is 0.635. The Kier molecular flexibility index (Phi) is 2.66. The molecule has 1 aromatic rings. The van der Waals surface area contributed by atoms with E-state index in [0.717, 1.165) is 19.5 Å². The van der Waals surface area contributed by atoms with Crippen LogP contribution in [0.3, 0.4) is 0 Å². The van der Waals surface area contributed by atoms with Crippen LogP contribution < -0.4 is 0 Å². The van der Waals surface area contributed by atoms with Gasteiger partial charge < -0.3 is 9.67 Å². The number of aliphatic carboxylic acids is 1. The predicted molar refractivity (Wildman–Crippen MR) is 66.1 cm³/mol. The van der Waals surface area contributed by atoms with Crippen LogP contribution in [0.5, 0.6) is 0 Å². The highest BCUT2D eigenvalue weighted by Crippen LogP contribution is 2.36. The second-order valence-corrected chi connectivity index (χ2v) is 5.85. The second kappa shape index (κ2) is 4.09. The third-order valence-electron chi connectivity index (χ3n) is 4.14. The molecule has 18 heavy (non-hydrogen) atoms. The number of hydrogen-bond donors (Lipinski definition) is 1. The minimum atomic E-state index is -0.680. The van der Waals surface area contributed by atoms with Gasteiger partial charge in [-0.3, -0.25) is 9.69 Å². The Morgan fingerprint density at radius 2 is 2.39 bits per heavy atom. The lowest BCUT2D eigenvalue weighted by atomic mass is 9.90. The molecule has 1 aliphatic heterocycles. The maximum absolute atomic E-state index is 11.2. The van der Waals surface area contributed by atoms with Gasteiger partial charge >= 0.3 is 5.97 Å². The van der Waals surface area contributed by atoms with Crippen molar-refractivity contribution in [1.82, 2.24) is 14.5 Å². The molecule has 2 heterocycles. The van der Waals surface area contributed by atoms with Crippen molar-refractivity contribution < 1.29 is 9.90 Å². The molecule has 0 bridgehead atoms. The first kappa shape index (κ1) is 11.7. The van der Waals surface area contributed by atoms with E-state index in [-0.39, 0.29) is 0 Å². The van der Waals surface area contributed by atoms with E-state index >= 15 is 0 Å². The zero-order chi connectivity index (χ0) is 12.8. The van der Waals surface area contributed by atoms with E-state index < -0.39 is 11.4 Å². The first-order valence-electron chi connectivity index (χ1n) is 6.55. The summed E-state index contributed by atoms with van der Waals surface area (Å²) < 4.78 is 2.25. The predicted octanol–water partition coefficient (Wildman–Crippen LogP) is 1.51. The SMILES string of the molecule is CC1(C(=O)O)CCN(Cc2cncn2C2CC2)C1. The number of likely N-dealkylation sites (tertiary alicyclic amines) is 1. The molecule has 98 valence electrons. The molecule has 1 aromatic heterocycles. The van der Waals surface area contributed by atoms with Crippen LogP contribution in [0.1, 0.15) is 37.9 Å². The summed E-state index contributed by atoms with van der Waals surface area (Å²) in [6.07, 6.45) is 7.04. The van der Waals surface area contributed by atoms with Crippen molar-refractivity contribution in [2.75, 3.05) is 13.1 Å². The van der Waals surface area contributed by atoms with Crippen molar-refractivity contribution >= 4 is 5.97 Å². The van der Waals surface area contributed by atoms with Crippen LogP contribution in [0.4, 0.5) is 0 Å². The normalized spacial score (nSPS) is 28.7. The molecule has 3 rings (SSSR count). The van der Waals surface area contributed by atoms with Gasteiger partial charge in [0.2, 0.25) is 0 Å². The first-order valence-corrected chi connectivity index (χ1v) is 6.55. The fourth-order valence-corrected chi connectivity index (χ4v) is 2.73. The van der Waals surface area contributed by atoms with Gasteiger partial charge in [0.1, 0.15) is 0 Å². The monoisotopic (exact) mass is 249 g/mol. The standard InChI is InChI=1S/C13H19N3O2/c1-13(12(17)18)4-5-15(8-13)7-11-6-14-9-16(11)10-2-3-10/h6,9-10H,2-5,7-8H2,1H3,(H,17,18). The average Bonchev–Trinajstić information content (AvgIpc) is 2.95. The second-order valence-electron chi connectivity index (χ2n) is 5.85. The van der Waals surface area contributed by atoms with E-state index in [4.69, 9.17) is 0 Å². The lowest BCUT2D eigenvalue weighted by molar-refractivity contribution is -0.147. The van der Waals surface area contributed by atoms with Crippen molar-refractivity contribution in [2.45, 2.75) is 38.8 Å². The molecule has 1 unspecified atom stereocenters. The van der Waals surface area contributed by atoms with E-state index in [1.165, 1.54) is 18.5 Å². The van der Waals surface area contributed by atoms with Crippen LogP contribution in [0.25, 0.3) is 0 Å². The minimum Gasteiger partial charge on any atom is -0.481 e. The molecule has 0 radical (unpaired) electrons. The van der Waals surface area contributed by atoms with Gasteiger partial charge in [0.05, 0.1) is 17.4 Å². The number of carbonyl (C=O) groups is 1. The van der Waals surface area contributed by atoms with Crippen molar-refractivity contribution in [3.8, 4) is 0 Å². The van der Waals surface area contributed by atoms with Crippen LogP contribution in [0, 0.1) is 5.41 Å². The summed E-state index contributed by atoms with van der Waals surface area (Å²) in [6.45, 7) is 4.16. The van der Waals surface area contributed by atoms with Gasteiger partial charge in [-0.05, 0) is 32.7 Å². The van der Waals surface area contributed by atoms with Gasteiger partial charge in [-0.2, -0.15) is 0 Å². The van der Waals surface area contributed by atoms with E-state index in [1.807, 2.05) is 19.4 Å². The van der Waals surface area contributed by atoms with Gasteiger partial charge in [-0.1, -0.05) is 0 Å². The first-order chi connectivity index (χ1) is 8.58.